The fourth-order valence-corrected chi connectivity index (χ4v) is 5.87. The minimum atomic E-state index is -0.600. The van der Waals surface area contributed by atoms with E-state index in [0.717, 1.165) is 53.0 Å². The van der Waals surface area contributed by atoms with E-state index in [1.807, 2.05) is 42.5 Å². The normalized spacial score (nSPS) is 12.7. The Bertz CT molecular complexity index is 1490. The maximum Gasteiger partial charge on any atom is 0.270 e. The van der Waals surface area contributed by atoms with E-state index in [2.05, 4.69) is 10.6 Å². The van der Waals surface area contributed by atoms with Crippen molar-refractivity contribution in [3.63, 3.8) is 0 Å². The van der Waals surface area contributed by atoms with E-state index in [-0.39, 0.29) is 22.2 Å². The number of thiophene rings is 1. The van der Waals surface area contributed by atoms with Crippen LogP contribution in [-0.4, -0.2) is 16.7 Å². The van der Waals surface area contributed by atoms with Crippen LogP contribution in [0.5, 0.6) is 0 Å². The smallest absolute Gasteiger partial charge is 0.270 e. The standard InChI is InChI=1S/C26H20ClN3O4S/c27-20-13-12-16(30(33)34)14-19(20)24(31)29-26-23(18-9-3-4-11-22(18)35-26)25(32)28-21-10-5-7-15-6-1-2-8-17(15)21/h1-2,5-8,10,12-14H,3-4,9,11H2,(H,28,32)(H,29,31). The number of anilines is 2. The molecule has 4 aromatic rings. The number of aryl methyl sites for hydroxylation is 1. The van der Waals surface area contributed by atoms with Crippen LogP contribution in [0.25, 0.3) is 10.8 Å². The lowest BCUT2D eigenvalue weighted by Gasteiger charge is -2.14. The lowest BCUT2D eigenvalue weighted by Crippen LogP contribution is -2.19. The van der Waals surface area contributed by atoms with Gasteiger partial charge < -0.3 is 10.6 Å². The molecule has 1 aromatic heterocycles. The van der Waals surface area contributed by atoms with Gasteiger partial charge in [-0.3, -0.25) is 19.7 Å². The van der Waals surface area contributed by atoms with E-state index >= 15 is 0 Å². The number of carbonyl (C=O) groups excluding carboxylic acids is 2. The molecule has 5 rings (SSSR count). The molecule has 2 N–H and O–H groups in total. The monoisotopic (exact) mass is 505 g/mol. The second-order valence-electron chi connectivity index (χ2n) is 8.27. The molecule has 9 heteroatoms. The second kappa shape index (κ2) is 9.48. The van der Waals surface area contributed by atoms with Crippen molar-refractivity contribution in [1.29, 1.82) is 0 Å². The number of benzene rings is 3. The summed E-state index contributed by atoms with van der Waals surface area (Å²) < 4.78 is 0. The molecule has 35 heavy (non-hydrogen) atoms. The Balaban J connectivity index is 1.51. The molecule has 7 nitrogen and oxygen atoms in total. The number of nitrogens with zero attached hydrogens (tertiary/aromatic N) is 1. The first-order chi connectivity index (χ1) is 16.9. The van der Waals surface area contributed by atoms with Gasteiger partial charge >= 0.3 is 0 Å². The van der Waals surface area contributed by atoms with Gasteiger partial charge in [-0.25, -0.2) is 0 Å². The number of nitrogens with one attached hydrogen (secondary N) is 2. The summed E-state index contributed by atoms with van der Waals surface area (Å²) in [5.74, 6) is -0.905. The third-order valence-corrected chi connectivity index (χ3v) is 7.61. The Labute approximate surface area is 209 Å². The van der Waals surface area contributed by atoms with E-state index in [1.54, 1.807) is 0 Å². The third kappa shape index (κ3) is 4.50. The topological polar surface area (TPSA) is 101 Å². The Morgan fingerprint density at radius 2 is 1.71 bits per heavy atom. The van der Waals surface area contributed by atoms with Gasteiger partial charge in [-0.2, -0.15) is 0 Å². The van der Waals surface area contributed by atoms with Gasteiger partial charge in [0.25, 0.3) is 17.5 Å². The summed E-state index contributed by atoms with van der Waals surface area (Å²) in [6, 6.07) is 17.2. The predicted octanol–water partition coefficient (Wildman–Crippen LogP) is 6.85. The SMILES string of the molecule is O=C(Nc1sc2c(c1C(=O)Nc1cccc3ccccc13)CCCC2)c1cc([N+](=O)[O-])ccc1Cl. The van der Waals surface area contributed by atoms with Gasteiger partial charge in [0.1, 0.15) is 5.00 Å². The largest absolute Gasteiger partial charge is 0.321 e. The average Bonchev–Trinajstić information content (AvgIpc) is 3.22. The Hall–Kier alpha value is -3.75. The van der Waals surface area contributed by atoms with Gasteiger partial charge in [-0.15, -0.1) is 11.3 Å². The first-order valence-corrected chi connectivity index (χ1v) is 12.3. The Kier molecular flexibility index (Phi) is 6.23. The number of hydrogen-bond donors (Lipinski definition) is 2. The van der Waals surface area contributed by atoms with E-state index in [9.17, 15) is 19.7 Å². The molecule has 0 aliphatic heterocycles. The van der Waals surface area contributed by atoms with Crippen molar-refractivity contribution in [3.05, 3.63) is 97.4 Å². The van der Waals surface area contributed by atoms with Gasteiger partial charge in [0, 0.05) is 28.1 Å². The van der Waals surface area contributed by atoms with Crippen LogP contribution in [0.4, 0.5) is 16.4 Å². The van der Waals surface area contributed by atoms with E-state index in [0.29, 0.717) is 16.3 Å². The minimum Gasteiger partial charge on any atom is -0.321 e. The van der Waals surface area contributed by atoms with Gasteiger partial charge in [0.2, 0.25) is 0 Å². The maximum atomic E-state index is 13.6. The molecule has 176 valence electrons. The molecule has 0 fully saturated rings. The molecular weight excluding hydrogens is 486 g/mol. The number of carbonyl (C=O) groups is 2. The number of fused-ring (bicyclic) bond motifs is 2. The quantitative estimate of drug-likeness (QED) is 0.229. The zero-order valence-electron chi connectivity index (χ0n) is 18.5. The molecule has 0 radical (unpaired) electrons. The maximum absolute atomic E-state index is 13.6. The molecule has 0 saturated heterocycles. The molecule has 0 unspecified atom stereocenters. The third-order valence-electron chi connectivity index (χ3n) is 6.07. The summed E-state index contributed by atoms with van der Waals surface area (Å²) in [4.78, 5) is 38.3. The first kappa shape index (κ1) is 23.0. The lowest BCUT2D eigenvalue weighted by molar-refractivity contribution is -0.384. The van der Waals surface area contributed by atoms with Crippen LogP contribution in [0.1, 0.15) is 44.0 Å². The highest BCUT2D eigenvalue weighted by atomic mass is 35.5. The summed E-state index contributed by atoms with van der Waals surface area (Å²) in [7, 11) is 0. The number of nitro groups is 1. The van der Waals surface area contributed by atoms with E-state index in [1.165, 1.54) is 23.5 Å². The van der Waals surface area contributed by atoms with Crippen molar-refractivity contribution in [1.82, 2.24) is 0 Å². The summed E-state index contributed by atoms with van der Waals surface area (Å²) in [5.41, 5.74) is 1.81. The van der Waals surface area contributed by atoms with Gasteiger partial charge in [-0.1, -0.05) is 48.0 Å². The van der Waals surface area contributed by atoms with Crippen LogP contribution in [-0.2, 0) is 12.8 Å². The van der Waals surface area contributed by atoms with Crippen LogP contribution in [0.3, 0.4) is 0 Å². The van der Waals surface area contributed by atoms with Gasteiger partial charge in [0.05, 0.1) is 21.1 Å². The fraction of sp³-hybridized carbons (Fsp3) is 0.154. The molecule has 0 spiro atoms. The van der Waals surface area contributed by atoms with Gasteiger partial charge in [0.15, 0.2) is 0 Å². The molecule has 1 aliphatic carbocycles. The average molecular weight is 506 g/mol. The van der Waals surface area contributed by atoms with Crippen LogP contribution in [0, 0.1) is 10.1 Å². The van der Waals surface area contributed by atoms with E-state index < -0.39 is 10.8 Å². The molecule has 2 amide bonds. The molecule has 0 atom stereocenters. The highest BCUT2D eigenvalue weighted by molar-refractivity contribution is 7.17. The Morgan fingerprint density at radius 3 is 2.54 bits per heavy atom. The van der Waals surface area contributed by atoms with Crippen molar-refractivity contribution in [2.45, 2.75) is 25.7 Å². The van der Waals surface area contributed by atoms with Crippen molar-refractivity contribution in [3.8, 4) is 0 Å². The lowest BCUT2D eigenvalue weighted by atomic mass is 9.95. The zero-order chi connectivity index (χ0) is 24.5. The van der Waals surface area contributed by atoms with Crippen LogP contribution in [0.2, 0.25) is 5.02 Å². The van der Waals surface area contributed by atoms with Crippen molar-refractivity contribution in [2.24, 2.45) is 0 Å². The van der Waals surface area contributed by atoms with Crippen LogP contribution >= 0.6 is 22.9 Å². The number of rotatable bonds is 5. The molecule has 3 aromatic carbocycles. The van der Waals surface area contributed by atoms with Crippen molar-refractivity contribution < 1.29 is 14.5 Å². The van der Waals surface area contributed by atoms with E-state index in [4.69, 9.17) is 11.6 Å². The van der Waals surface area contributed by atoms with Crippen LogP contribution in [0.15, 0.2) is 60.7 Å². The minimum absolute atomic E-state index is 0.0207. The second-order valence-corrected chi connectivity index (χ2v) is 9.78. The number of non-ortho nitro benzene ring substituents is 1. The molecule has 1 aliphatic rings. The number of amides is 2. The summed E-state index contributed by atoms with van der Waals surface area (Å²) in [5, 5.41) is 19.4. The highest BCUT2D eigenvalue weighted by Crippen LogP contribution is 2.39. The Morgan fingerprint density at radius 1 is 0.943 bits per heavy atom. The summed E-state index contributed by atoms with van der Waals surface area (Å²) >= 11 is 7.54. The van der Waals surface area contributed by atoms with Crippen LogP contribution < -0.4 is 10.6 Å². The predicted molar refractivity (Wildman–Crippen MR) is 139 cm³/mol. The van der Waals surface area contributed by atoms with Crippen molar-refractivity contribution >= 4 is 61.9 Å². The summed E-state index contributed by atoms with van der Waals surface area (Å²) in [6.07, 6.45) is 3.56. The number of halogens is 1. The first-order valence-electron chi connectivity index (χ1n) is 11.1. The molecular formula is C26H20ClN3O4S. The van der Waals surface area contributed by atoms with Crippen molar-refractivity contribution in [2.75, 3.05) is 10.6 Å². The fourth-order valence-electron chi connectivity index (χ4n) is 4.38. The number of hydrogen-bond acceptors (Lipinski definition) is 5. The summed E-state index contributed by atoms with van der Waals surface area (Å²) in [6.45, 7) is 0. The van der Waals surface area contributed by atoms with Gasteiger partial charge in [-0.05, 0) is 48.8 Å². The molecule has 0 bridgehead atoms. The molecule has 0 saturated carbocycles. The zero-order valence-corrected chi connectivity index (χ0v) is 20.0. The highest BCUT2D eigenvalue weighted by Gasteiger charge is 2.27. The molecule has 1 heterocycles. The number of nitro benzene ring substituents is 1.